The topological polar surface area (TPSA) is 95.9 Å². The predicted molar refractivity (Wildman–Crippen MR) is 96.6 cm³/mol. The number of aliphatic carboxylic acids is 1. The molecule has 1 aliphatic carbocycles. The number of nitrogens with one attached hydrogen (secondary N) is 1. The maximum atomic E-state index is 13.1. The van der Waals surface area contributed by atoms with Crippen LogP contribution >= 0.6 is 0 Å². The highest BCUT2D eigenvalue weighted by Crippen LogP contribution is 2.40. The number of rotatable bonds is 8. The monoisotopic (exact) mass is 368 g/mol. The molecule has 148 valence electrons. The number of hydrogen-bond donors (Lipinski definition) is 2. The van der Waals surface area contributed by atoms with Crippen LogP contribution in [0.1, 0.15) is 65.7 Å². The van der Waals surface area contributed by atoms with Crippen molar-refractivity contribution in [1.29, 1.82) is 0 Å². The molecule has 1 aliphatic heterocycles. The van der Waals surface area contributed by atoms with E-state index in [9.17, 15) is 19.5 Å². The van der Waals surface area contributed by atoms with Crippen molar-refractivity contribution in [2.75, 3.05) is 6.61 Å². The Morgan fingerprint density at radius 2 is 1.92 bits per heavy atom. The first-order chi connectivity index (χ1) is 12.4. The Labute approximate surface area is 155 Å². The van der Waals surface area contributed by atoms with Crippen LogP contribution < -0.4 is 5.32 Å². The maximum absolute atomic E-state index is 13.1. The number of esters is 1. The lowest BCUT2D eigenvalue weighted by Crippen LogP contribution is -2.55. The van der Waals surface area contributed by atoms with Gasteiger partial charge in [-0.05, 0) is 45.4 Å². The van der Waals surface area contributed by atoms with E-state index in [1.165, 1.54) is 0 Å². The van der Waals surface area contributed by atoms with Crippen molar-refractivity contribution < 1.29 is 24.2 Å². The van der Waals surface area contributed by atoms with E-state index in [1.807, 2.05) is 6.92 Å². The molecular formula is C19H32N2O5. The molecule has 2 N–H and O–H groups in total. The summed E-state index contributed by atoms with van der Waals surface area (Å²) in [6, 6.07) is -1.92. The van der Waals surface area contributed by atoms with E-state index in [-0.39, 0.29) is 23.8 Å². The minimum absolute atomic E-state index is 0.00817. The zero-order chi connectivity index (χ0) is 19.3. The maximum Gasteiger partial charge on any atom is 0.326 e. The molecule has 7 nitrogen and oxygen atoms in total. The van der Waals surface area contributed by atoms with Gasteiger partial charge >= 0.3 is 11.9 Å². The van der Waals surface area contributed by atoms with Crippen LogP contribution in [0.3, 0.4) is 0 Å². The summed E-state index contributed by atoms with van der Waals surface area (Å²) in [5.74, 6) is -1.24. The van der Waals surface area contributed by atoms with Crippen molar-refractivity contribution in [1.82, 2.24) is 10.2 Å². The fraction of sp³-hybridized carbons (Fsp3) is 0.842. The summed E-state index contributed by atoms with van der Waals surface area (Å²) in [5, 5.41) is 12.7. The second-order valence-corrected chi connectivity index (χ2v) is 7.43. The Balaban J connectivity index is 2.10. The first kappa shape index (κ1) is 20.7. The molecule has 0 aromatic heterocycles. The highest BCUT2D eigenvalue weighted by atomic mass is 16.5. The third kappa shape index (κ3) is 4.55. The first-order valence-corrected chi connectivity index (χ1v) is 9.88. The van der Waals surface area contributed by atoms with Gasteiger partial charge in [-0.1, -0.05) is 26.2 Å². The molecule has 0 radical (unpaired) electrons. The largest absolute Gasteiger partial charge is 0.480 e. The van der Waals surface area contributed by atoms with Gasteiger partial charge in [0.05, 0.1) is 12.6 Å². The molecular weight excluding hydrogens is 336 g/mol. The van der Waals surface area contributed by atoms with Gasteiger partial charge in [-0.15, -0.1) is 0 Å². The number of carbonyl (C=O) groups is 3. The second kappa shape index (κ2) is 9.35. The Hall–Kier alpha value is -1.63. The number of carboxylic acid groups (broad SMARTS) is 1. The number of carbonyl (C=O) groups excluding carboxylic acids is 2. The van der Waals surface area contributed by atoms with Crippen LogP contribution in [0.5, 0.6) is 0 Å². The molecule has 1 heterocycles. The molecule has 1 unspecified atom stereocenters. The molecule has 5 atom stereocenters. The van der Waals surface area contributed by atoms with E-state index in [4.69, 9.17) is 4.74 Å². The zero-order valence-electron chi connectivity index (χ0n) is 16.1. The second-order valence-electron chi connectivity index (χ2n) is 7.43. The molecule has 1 amide bonds. The third-order valence-electron chi connectivity index (χ3n) is 5.60. The SMILES string of the molecule is CCC[C@H](N[C@@H](C)C(=O)N1C(C(=O)O)C[C@@H]2CCCC[C@@H]21)C(=O)OCC. The standard InChI is InChI=1S/C19H32N2O5/c1-4-8-14(19(25)26-5-2)20-12(3)17(22)21-15-10-7-6-9-13(15)11-16(21)18(23)24/h12-16,20H,4-11H2,1-3H3,(H,23,24)/t12-,13-,14-,15-,16?/m0/s1. The van der Waals surface area contributed by atoms with Crippen molar-refractivity contribution in [2.45, 2.75) is 89.9 Å². The molecule has 0 bridgehead atoms. The predicted octanol–water partition coefficient (Wildman–Crippen LogP) is 1.94. The molecule has 7 heteroatoms. The van der Waals surface area contributed by atoms with E-state index in [1.54, 1.807) is 18.7 Å². The van der Waals surface area contributed by atoms with Gasteiger partial charge < -0.3 is 14.7 Å². The molecule has 2 aliphatic rings. The van der Waals surface area contributed by atoms with Crippen LogP contribution in [0.2, 0.25) is 0 Å². The number of nitrogens with zero attached hydrogens (tertiary/aromatic N) is 1. The normalized spacial score (nSPS) is 27.5. The first-order valence-electron chi connectivity index (χ1n) is 9.88. The van der Waals surface area contributed by atoms with E-state index < -0.39 is 24.1 Å². The van der Waals surface area contributed by atoms with Gasteiger partial charge in [-0.3, -0.25) is 14.9 Å². The Kier molecular flexibility index (Phi) is 7.43. The van der Waals surface area contributed by atoms with Crippen LogP contribution in [0.15, 0.2) is 0 Å². The van der Waals surface area contributed by atoms with Crippen LogP contribution in [0.4, 0.5) is 0 Å². The summed E-state index contributed by atoms with van der Waals surface area (Å²) < 4.78 is 5.09. The van der Waals surface area contributed by atoms with Crippen molar-refractivity contribution in [3.8, 4) is 0 Å². The van der Waals surface area contributed by atoms with Gasteiger partial charge in [-0.25, -0.2) is 4.79 Å². The molecule has 0 spiro atoms. The molecule has 1 saturated carbocycles. The minimum Gasteiger partial charge on any atom is -0.480 e. The quantitative estimate of drug-likeness (QED) is 0.636. The van der Waals surface area contributed by atoms with Crippen molar-refractivity contribution in [3.05, 3.63) is 0 Å². The highest BCUT2D eigenvalue weighted by molar-refractivity contribution is 5.88. The molecule has 2 rings (SSSR count). The van der Waals surface area contributed by atoms with Gasteiger partial charge in [-0.2, -0.15) is 0 Å². The van der Waals surface area contributed by atoms with E-state index in [0.29, 0.717) is 19.4 Å². The van der Waals surface area contributed by atoms with E-state index in [2.05, 4.69) is 5.32 Å². The number of likely N-dealkylation sites (tertiary alicyclic amines) is 1. The Morgan fingerprint density at radius 3 is 2.54 bits per heavy atom. The summed E-state index contributed by atoms with van der Waals surface area (Å²) in [7, 11) is 0. The van der Waals surface area contributed by atoms with Gasteiger partial charge in [0.25, 0.3) is 0 Å². The van der Waals surface area contributed by atoms with Gasteiger partial charge in [0.1, 0.15) is 12.1 Å². The number of hydrogen-bond acceptors (Lipinski definition) is 5. The molecule has 2 fully saturated rings. The average Bonchev–Trinajstić information content (AvgIpc) is 3.00. The van der Waals surface area contributed by atoms with Crippen molar-refractivity contribution in [3.63, 3.8) is 0 Å². The summed E-state index contributed by atoms with van der Waals surface area (Å²) in [6.45, 7) is 5.72. The van der Waals surface area contributed by atoms with Crippen molar-refractivity contribution >= 4 is 17.8 Å². The highest BCUT2D eigenvalue weighted by Gasteiger charge is 2.48. The smallest absolute Gasteiger partial charge is 0.326 e. The zero-order valence-corrected chi connectivity index (χ0v) is 16.1. The van der Waals surface area contributed by atoms with Crippen LogP contribution in [-0.2, 0) is 19.1 Å². The summed E-state index contributed by atoms with van der Waals surface area (Å²) in [4.78, 5) is 38.5. The molecule has 0 aromatic carbocycles. The lowest BCUT2D eigenvalue weighted by atomic mass is 9.84. The third-order valence-corrected chi connectivity index (χ3v) is 5.60. The Morgan fingerprint density at radius 1 is 1.23 bits per heavy atom. The van der Waals surface area contributed by atoms with Crippen LogP contribution in [0, 0.1) is 5.92 Å². The molecule has 0 aromatic rings. The summed E-state index contributed by atoms with van der Waals surface area (Å²) in [5.41, 5.74) is 0. The fourth-order valence-corrected chi connectivity index (χ4v) is 4.39. The molecule has 1 saturated heterocycles. The number of fused-ring (bicyclic) bond motifs is 1. The fourth-order valence-electron chi connectivity index (χ4n) is 4.39. The lowest BCUT2D eigenvalue weighted by Gasteiger charge is -2.35. The summed E-state index contributed by atoms with van der Waals surface area (Å²) in [6.07, 6.45) is 5.87. The van der Waals surface area contributed by atoms with Crippen LogP contribution in [-0.4, -0.2) is 58.6 Å². The number of ether oxygens (including phenoxy) is 1. The molecule has 26 heavy (non-hydrogen) atoms. The van der Waals surface area contributed by atoms with Gasteiger partial charge in [0.15, 0.2) is 0 Å². The van der Waals surface area contributed by atoms with Crippen LogP contribution in [0.25, 0.3) is 0 Å². The summed E-state index contributed by atoms with van der Waals surface area (Å²) >= 11 is 0. The van der Waals surface area contributed by atoms with Crippen molar-refractivity contribution in [2.24, 2.45) is 5.92 Å². The Bertz CT molecular complexity index is 524. The van der Waals surface area contributed by atoms with E-state index >= 15 is 0 Å². The van der Waals surface area contributed by atoms with E-state index in [0.717, 1.165) is 32.1 Å². The average molecular weight is 368 g/mol. The number of amides is 1. The lowest BCUT2D eigenvalue weighted by molar-refractivity contribution is -0.152. The number of carboxylic acids is 1. The van der Waals surface area contributed by atoms with Gasteiger partial charge in [0.2, 0.25) is 5.91 Å². The van der Waals surface area contributed by atoms with Gasteiger partial charge in [0, 0.05) is 6.04 Å². The minimum atomic E-state index is -0.935.